The van der Waals surface area contributed by atoms with Gasteiger partial charge < -0.3 is 9.47 Å². The second-order valence-corrected chi connectivity index (χ2v) is 2.40. The highest BCUT2D eigenvalue weighted by molar-refractivity contribution is 5.43. The number of terminal acetylenes is 1. The standard InChI is InChI=1S/C10H11NO2/c1-4-5-8-9(12-2)6-11-7-10(8)13-3/h1,6-7H,5H2,2-3H3. The second kappa shape index (κ2) is 4.36. The Morgan fingerprint density at radius 1 is 1.31 bits per heavy atom. The van der Waals surface area contributed by atoms with Crippen molar-refractivity contribution < 1.29 is 9.47 Å². The Morgan fingerprint density at radius 3 is 2.23 bits per heavy atom. The average molecular weight is 177 g/mol. The van der Waals surface area contributed by atoms with Gasteiger partial charge in [0.15, 0.2) is 0 Å². The van der Waals surface area contributed by atoms with E-state index < -0.39 is 0 Å². The van der Waals surface area contributed by atoms with E-state index in [1.165, 1.54) is 0 Å². The van der Waals surface area contributed by atoms with E-state index in [9.17, 15) is 0 Å². The first kappa shape index (κ1) is 9.40. The van der Waals surface area contributed by atoms with E-state index in [0.717, 1.165) is 5.56 Å². The molecule has 0 aliphatic heterocycles. The molecule has 0 amide bonds. The van der Waals surface area contributed by atoms with Crippen LogP contribution in [0.15, 0.2) is 12.4 Å². The van der Waals surface area contributed by atoms with Gasteiger partial charge in [-0.3, -0.25) is 4.98 Å². The Hall–Kier alpha value is -1.69. The minimum atomic E-state index is 0.481. The highest BCUT2D eigenvalue weighted by Crippen LogP contribution is 2.26. The zero-order chi connectivity index (χ0) is 9.68. The largest absolute Gasteiger partial charge is 0.495 e. The molecule has 3 nitrogen and oxygen atoms in total. The van der Waals surface area contributed by atoms with Gasteiger partial charge in [0, 0.05) is 6.42 Å². The monoisotopic (exact) mass is 177 g/mol. The number of hydrogen-bond acceptors (Lipinski definition) is 3. The Bertz CT molecular complexity index is 306. The number of nitrogens with zero attached hydrogens (tertiary/aromatic N) is 1. The van der Waals surface area contributed by atoms with Gasteiger partial charge in [-0.05, 0) is 0 Å². The maximum atomic E-state index is 5.23. The van der Waals surface area contributed by atoms with Crippen LogP contribution in [0.4, 0.5) is 0 Å². The highest BCUT2D eigenvalue weighted by atomic mass is 16.5. The van der Waals surface area contributed by atoms with Crippen molar-refractivity contribution in [3.8, 4) is 23.8 Å². The van der Waals surface area contributed by atoms with Crippen LogP contribution < -0.4 is 9.47 Å². The first-order valence-electron chi connectivity index (χ1n) is 3.81. The van der Waals surface area contributed by atoms with Crippen molar-refractivity contribution in [2.45, 2.75) is 6.42 Å². The van der Waals surface area contributed by atoms with E-state index >= 15 is 0 Å². The van der Waals surface area contributed by atoms with Gasteiger partial charge in [0.25, 0.3) is 0 Å². The molecule has 0 radical (unpaired) electrons. The molecule has 0 aromatic carbocycles. The van der Waals surface area contributed by atoms with E-state index in [1.807, 2.05) is 0 Å². The highest BCUT2D eigenvalue weighted by Gasteiger charge is 2.08. The quantitative estimate of drug-likeness (QED) is 0.651. The molecule has 0 saturated heterocycles. The minimum Gasteiger partial charge on any atom is -0.495 e. The maximum Gasteiger partial charge on any atom is 0.145 e. The van der Waals surface area contributed by atoms with E-state index in [1.54, 1.807) is 26.6 Å². The second-order valence-electron chi connectivity index (χ2n) is 2.40. The van der Waals surface area contributed by atoms with Crippen LogP contribution >= 0.6 is 0 Å². The molecular weight excluding hydrogens is 166 g/mol. The number of ether oxygens (including phenoxy) is 2. The van der Waals surface area contributed by atoms with Crippen LogP contribution in [0.1, 0.15) is 5.56 Å². The van der Waals surface area contributed by atoms with Crippen LogP contribution in [0.3, 0.4) is 0 Å². The van der Waals surface area contributed by atoms with E-state index in [0.29, 0.717) is 17.9 Å². The van der Waals surface area contributed by atoms with Crippen molar-refractivity contribution in [2.75, 3.05) is 14.2 Å². The van der Waals surface area contributed by atoms with Gasteiger partial charge in [-0.15, -0.1) is 12.3 Å². The molecule has 0 unspecified atom stereocenters. The molecule has 1 heterocycles. The van der Waals surface area contributed by atoms with Crippen molar-refractivity contribution in [2.24, 2.45) is 0 Å². The summed E-state index contributed by atoms with van der Waals surface area (Å²) in [5.74, 6) is 3.87. The summed E-state index contributed by atoms with van der Waals surface area (Å²) in [6.07, 6.45) is 8.95. The fourth-order valence-corrected chi connectivity index (χ4v) is 1.08. The first-order chi connectivity index (χ1) is 6.33. The smallest absolute Gasteiger partial charge is 0.145 e. The Balaban J connectivity index is 3.14. The number of pyridine rings is 1. The minimum absolute atomic E-state index is 0.481. The van der Waals surface area contributed by atoms with Crippen LogP contribution in [0.5, 0.6) is 11.5 Å². The molecule has 1 aromatic heterocycles. The summed E-state index contributed by atoms with van der Waals surface area (Å²) in [6.45, 7) is 0. The van der Waals surface area contributed by atoms with Crippen LogP contribution in [0.25, 0.3) is 0 Å². The molecule has 13 heavy (non-hydrogen) atoms. The van der Waals surface area contributed by atoms with Gasteiger partial charge in [0.05, 0.1) is 32.2 Å². The topological polar surface area (TPSA) is 31.4 Å². The van der Waals surface area contributed by atoms with Crippen molar-refractivity contribution in [1.82, 2.24) is 4.98 Å². The predicted octanol–water partition coefficient (Wildman–Crippen LogP) is 1.27. The van der Waals surface area contributed by atoms with Crippen LogP contribution in [-0.2, 0) is 6.42 Å². The molecule has 1 rings (SSSR count). The number of aromatic nitrogens is 1. The number of hydrogen-bond donors (Lipinski definition) is 0. The van der Waals surface area contributed by atoms with Crippen molar-refractivity contribution >= 4 is 0 Å². The van der Waals surface area contributed by atoms with Crippen LogP contribution in [0, 0.1) is 12.3 Å². The summed E-state index contributed by atoms with van der Waals surface area (Å²) in [4.78, 5) is 3.95. The Labute approximate surface area is 77.7 Å². The summed E-state index contributed by atoms with van der Waals surface area (Å²) < 4.78 is 10.2. The van der Waals surface area contributed by atoms with E-state index in [2.05, 4.69) is 10.9 Å². The normalized spacial score (nSPS) is 9.00. The summed E-state index contributed by atoms with van der Waals surface area (Å²) in [7, 11) is 3.16. The van der Waals surface area contributed by atoms with Crippen LogP contribution in [0.2, 0.25) is 0 Å². The van der Waals surface area contributed by atoms with E-state index in [4.69, 9.17) is 15.9 Å². The van der Waals surface area contributed by atoms with Gasteiger partial charge in [0.2, 0.25) is 0 Å². The van der Waals surface area contributed by atoms with Crippen molar-refractivity contribution in [1.29, 1.82) is 0 Å². The number of methoxy groups -OCH3 is 2. The third kappa shape index (κ3) is 1.91. The van der Waals surface area contributed by atoms with Gasteiger partial charge in [-0.1, -0.05) is 0 Å². The molecule has 0 atom stereocenters. The summed E-state index contributed by atoms with van der Waals surface area (Å²) in [5, 5.41) is 0. The fourth-order valence-electron chi connectivity index (χ4n) is 1.08. The lowest BCUT2D eigenvalue weighted by atomic mass is 10.1. The van der Waals surface area contributed by atoms with Gasteiger partial charge in [-0.2, -0.15) is 0 Å². The third-order valence-corrected chi connectivity index (χ3v) is 1.70. The molecule has 0 aliphatic carbocycles. The lowest BCUT2D eigenvalue weighted by molar-refractivity contribution is 0.384. The molecule has 0 N–H and O–H groups in total. The van der Waals surface area contributed by atoms with E-state index in [-0.39, 0.29) is 0 Å². The molecule has 1 aromatic rings. The first-order valence-corrected chi connectivity index (χ1v) is 3.81. The zero-order valence-corrected chi connectivity index (χ0v) is 7.70. The predicted molar refractivity (Wildman–Crippen MR) is 49.9 cm³/mol. The summed E-state index contributed by atoms with van der Waals surface area (Å²) in [6, 6.07) is 0. The zero-order valence-electron chi connectivity index (χ0n) is 7.70. The summed E-state index contributed by atoms with van der Waals surface area (Å²) >= 11 is 0. The summed E-state index contributed by atoms with van der Waals surface area (Å²) in [5.41, 5.74) is 0.863. The van der Waals surface area contributed by atoms with Crippen molar-refractivity contribution in [3.05, 3.63) is 18.0 Å². The molecule has 68 valence electrons. The van der Waals surface area contributed by atoms with Crippen LogP contribution in [-0.4, -0.2) is 19.2 Å². The Morgan fingerprint density at radius 2 is 1.85 bits per heavy atom. The molecule has 3 heteroatoms. The average Bonchev–Trinajstić information content (AvgIpc) is 2.18. The molecular formula is C10H11NO2. The SMILES string of the molecule is C#CCc1c(OC)cncc1OC. The lowest BCUT2D eigenvalue weighted by Crippen LogP contribution is -1.96. The lowest BCUT2D eigenvalue weighted by Gasteiger charge is -2.09. The molecule has 0 fully saturated rings. The molecule has 0 spiro atoms. The third-order valence-electron chi connectivity index (χ3n) is 1.70. The van der Waals surface area contributed by atoms with Gasteiger partial charge in [0.1, 0.15) is 11.5 Å². The van der Waals surface area contributed by atoms with Crippen molar-refractivity contribution in [3.63, 3.8) is 0 Å². The molecule has 0 aliphatic rings. The van der Waals surface area contributed by atoms with Gasteiger partial charge >= 0.3 is 0 Å². The maximum absolute atomic E-state index is 5.23. The number of rotatable bonds is 3. The molecule has 0 bridgehead atoms. The Kier molecular flexibility index (Phi) is 3.15. The fraction of sp³-hybridized carbons (Fsp3) is 0.300. The van der Waals surface area contributed by atoms with Gasteiger partial charge in [-0.25, -0.2) is 0 Å². The molecule has 0 saturated carbocycles.